The standard InChI is InChI=1S/C66H120O6/c1-4-7-10-13-16-19-22-25-27-29-31-33-35-36-38-41-44-47-50-53-56-59-65(68)71-62-63(61-70-64(67)58-55-52-49-46-43-40-24-21-18-15-12-9-6-3)72-66(69)60-57-54-51-48-45-42-39-37-34-32-30-28-26-23-20-17-14-11-8-5-2/h21-22,24-25,29,31,35-36,63H,4-20,23,26-28,30,32-34,37-62H2,1-3H3/b24-21-,25-22-,31-29-,36-35-. The smallest absolute Gasteiger partial charge is 0.306 e. The summed E-state index contributed by atoms with van der Waals surface area (Å²) in [5.74, 6) is -0.879. The van der Waals surface area contributed by atoms with Gasteiger partial charge in [0.25, 0.3) is 0 Å². The molecule has 0 aliphatic rings. The molecule has 0 aromatic carbocycles. The Morgan fingerprint density at radius 3 is 0.806 bits per heavy atom. The topological polar surface area (TPSA) is 78.9 Å². The van der Waals surface area contributed by atoms with Crippen LogP contribution in [-0.4, -0.2) is 37.2 Å². The number of carbonyl (C=O) groups excluding carboxylic acids is 3. The van der Waals surface area contributed by atoms with E-state index in [2.05, 4.69) is 69.4 Å². The first kappa shape index (κ1) is 69.4. The van der Waals surface area contributed by atoms with Crippen LogP contribution in [0.4, 0.5) is 0 Å². The van der Waals surface area contributed by atoms with E-state index in [4.69, 9.17) is 14.2 Å². The first-order valence-corrected chi connectivity index (χ1v) is 31.6. The van der Waals surface area contributed by atoms with Gasteiger partial charge in [0, 0.05) is 19.3 Å². The highest BCUT2D eigenvalue weighted by Crippen LogP contribution is 2.17. The number of hydrogen-bond donors (Lipinski definition) is 0. The van der Waals surface area contributed by atoms with Crippen LogP contribution in [0.1, 0.15) is 335 Å². The molecule has 0 aromatic heterocycles. The fraction of sp³-hybridized carbons (Fsp3) is 0.833. The van der Waals surface area contributed by atoms with E-state index < -0.39 is 6.10 Å². The van der Waals surface area contributed by atoms with E-state index in [1.54, 1.807) is 0 Å². The number of unbranched alkanes of at least 4 members (excludes halogenated alkanes) is 39. The van der Waals surface area contributed by atoms with Crippen LogP contribution in [0, 0.1) is 0 Å². The molecule has 6 heteroatoms. The minimum atomic E-state index is -0.780. The predicted octanol–water partition coefficient (Wildman–Crippen LogP) is 21.4. The van der Waals surface area contributed by atoms with Crippen molar-refractivity contribution in [3.63, 3.8) is 0 Å². The van der Waals surface area contributed by atoms with E-state index in [1.165, 1.54) is 212 Å². The molecule has 1 atom stereocenters. The highest BCUT2D eigenvalue weighted by Gasteiger charge is 2.19. The third-order valence-corrected chi connectivity index (χ3v) is 14.1. The van der Waals surface area contributed by atoms with E-state index in [0.717, 1.165) is 83.5 Å². The second kappa shape index (κ2) is 60.9. The second-order valence-electron chi connectivity index (χ2n) is 21.3. The van der Waals surface area contributed by atoms with Crippen molar-refractivity contribution in [1.82, 2.24) is 0 Å². The normalized spacial score (nSPS) is 12.3. The summed E-state index contributed by atoms with van der Waals surface area (Å²) in [6.07, 6.45) is 75.4. The van der Waals surface area contributed by atoms with E-state index in [0.29, 0.717) is 19.3 Å². The van der Waals surface area contributed by atoms with E-state index in [-0.39, 0.29) is 31.1 Å². The number of carbonyl (C=O) groups is 3. The number of allylic oxidation sites excluding steroid dienone is 8. The predicted molar refractivity (Wildman–Crippen MR) is 312 cm³/mol. The monoisotopic (exact) mass is 1010 g/mol. The summed E-state index contributed by atoms with van der Waals surface area (Å²) < 4.78 is 16.9. The first-order chi connectivity index (χ1) is 35.5. The summed E-state index contributed by atoms with van der Waals surface area (Å²) >= 11 is 0. The molecule has 0 aliphatic heterocycles. The molecule has 72 heavy (non-hydrogen) atoms. The Morgan fingerprint density at radius 2 is 0.500 bits per heavy atom. The lowest BCUT2D eigenvalue weighted by Crippen LogP contribution is -2.30. The van der Waals surface area contributed by atoms with Gasteiger partial charge in [-0.3, -0.25) is 14.4 Å². The third-order valence-electron chi connectivity index (χ3n) is 14.1. The van der Waals surface area contributed by atoms with Crippen molar-refractivity contribution >= 4 is 17.9 Å². The molecule has 0 amide bonds. The SMILES string of the molecule is CCCCCC/C=C\CCCCCCCC(=O)OCC(COC(=O)CCCCCCCC/C=C\C/C=C\C/C=C\CCCCCCC)OC(=O)CCCCCCCCCCCCCCCCCCCCCC. The second-order valence-corrected chi connectivity index (χ2v) is 21.3. The van der Waals surface area contributed by atoms with Crippen LogP contribution >= 0.6 is 0 Å². The van der Waals surface area contributed by atoms with Gasteiger partial charge < -0.3 is 14.2 Å². The van der Waals surface area contributed by atoms with Crippen LogP contribution in [0.2, 0.25) is 0 Å². The van der Waals surface area contributed by atoms with Gasteiger partial charge in [0.15, 0.2) is 6.10 Å². The van der Waals surface area contributed by atoms with E-state index in [9.17, 15) is 14.4 Å². The molecular formula is C66H120O6. The van der Waals surface area contributed by atoms with Crippen LogP contribution in [0.3, 0.4) is 0 Å². The van der Waals surface area contributed by atoms with Crippen LogP contribution in [-0.2, 0) is 28.6 Å². The van der Waals surface area contributed by atoms with Gasteiger partial charge in [-0.05, 0) is 83.5 Å². The maximum absolute atomic E-state index is 12.9. The zero-order valence-electron chi connectivity index (χ0n) is 48.2. The Hall–Kier alpha value is -2.63. The van der Waals surface area contributed by atoms with Crippen LogP contribution in [0.25, 0.3) is 0 Å². The lowest BCUT2D eigenvalue weighted by molar-refractivity contribution is -0.167. The number of rotatable bonds is 58. The highest BCUT2D eigenvalue weighted by molar-refractivity contribution is 5.71. The molecule has 420 valence electrons. The van der Waals surface area contributed by atoms with Crippen LogP contribution < -0.4 is 0 Å². The van der Waals surface area contributed by atoms with Gasteiger partial charge in [0.05, 0.1) is 0 Å². The van der Waals surface area contributed by atoms with Gasteiger partial charge in [-0.15, -0.1) is 0 Å². The largest absolute Gasteiger partial charge is 0.462 e. The maximum Gasteiger partial charge on any atom is 0.306 e. The summed E-state index contributed by atoms with van der Waals surface area (Å²) in [4.78, 5) is 38.3. The van der Waals surface area contributed by atoms with Crippen molar-refractivity contribution in [2.45, 2.75) is 341 Å². The van der Waals surface area contributed by atoms with Crippen molar-refractivity contribution in [2.24, 2.45) is 0 Å². The fourth-order valence-corrected chi connectivity index (χ4v) is 9.27. The first-order valence-electron chi connectivity index (χ1n) is 31.6. The zero-order chi connectivity index (χ0) is 52.2. The summed E-state index contributed by atoms with van der Waals surface area (Å²) in [7, 11) is 0. The Labute approximate surface area is 448 Å². The molecule has 0 spiro atoms. The molecule has 0 bridgehead atoms. The summed E-state index contributed by atoms with van der Waals surface area (Å²) in [5, 5.41) is 0. The molecule has 0 N–H and O–H groups in total. The molecular weight excluding hydrogens is 889 g/mol. The minimum Gasteiger partial charge on any atom is -0.462 e. The van der Waals surface area contributed by atoms with Gasteiger partial charge in [0.1, 0.15) is 13.2 Å². The Bertz CT molecular complexity index is 1250. The molecule has 0 rings (SSSR count). The molecule has 0 saturated carbocycles. The van der Waals surface area contributed by atoms with Gasteiger partial charge in [0.2, 0.25) is 0 Å². The molecule has 0 fully saturated rings. The van der Waals surface area contributed by atoms with Crippen molar-refractivity contribution in [3.8, 4) is 0 Å². The molecule has 0 aromatic rings. The summed E-state index contributed by atoms with van der Waals surface area (Å²) in [5.41, 5.74) is 0. The van der Waals surface area contributed by atoms with Crippen molar-refractivity contribution < 1.29 is 28.6 Å². The van der Waals surface area contributed by atoms with Crippen molar-refractivity contribution in [3.05, 3.63) is 48.6 Å². The van der Waals surface area contributed by atoms with E-state index >= 15 is 0 Å². The molecule has 1 unspecified atom stereocenters. The zero-order valence-corrected chi connectivity index (χ0v) is 48.2. The molecule has 0 aliphatic carbocycles. The van der Waals surface area contributed by atoms with E-state index in [1.807, 2.05) is 0 Å². The number of esters is 3. The Morgan fingerprint density at radius 1 is 0.278 bits per heavy atom. The van der Waals surface area contributed by atoms with Gasteiger partial charge in [-0.2, -0.15) is 0 Å². The quantitative estimate of drug-likeness (QED) is 0.0261. The summed E-state index contributed by atoms with van der Waals surface area (Å²) in [6.45, 7) is 6.64. The van der Waals surface area contributed by atoms with Gasteiger partial charge in [-0.1, -0.05) is 281 Å². The molecule has 0 radical (unpaired) electrons. The van der Waals surface area contributed by atoms with Crippen LogP contribution in [0.5, 0.6) is 0 Å². The van der Waals surface area contributed by atoms with Crippen molar-refractivity contribution in [1.29, 1.82) is 0 Å². The number of ether oxygens (including phenoxy) is 3. The lowest BCUT2D eigenvalue weighted by atomic mass is 10.0. The summed E-state index contributed by atoms with van der Waals surface area (Å²) in [6, 6.07) is 0. The third kappa shape index (κ3) is 58.3. The van der Waals surface area contributed by atoms with Crippen LogP contribution in [0.15, 0.2) is 48.6 Å². The van der Waals surface area contributed by atoms with Gasteiger partial charge in [-0.25, -0.2) is 0 Å². The number of hydrogen-bond acceptors (Lipinski definition) is 6. The molecule has 6 nitrogen and oxygen atoms in total. The lowest BCUT2D eigenvalue weighted by Gasteiger charge is -2.18. The molecule has 0 heterocycles. The Balaban J connectivity index is 4.33. The highest BCUT2D eigenvalue weighted by atomic mass is 16.6. The average molecular weight is 1010 g/mol. The van der Waals surface area contributed by atoms with Gasteiger partial charge >= 0.3 is 17.9 Å². The van der Waals surface area contributed by atoms with Crippen molar-refractivity contribution in [2.75, 3.05) is 13.2 Å². The molecule has 0 saturated heterocycles. The minimum absolute atomic E-state index is 0.0786. The fourth-order valence-electron chi connectivity index (χ4n) is 9.27. The Kier molecular flexibility index (Phi) is 58.7. The maximum atomic E-state index is 12.9. The average Bonchev–Trinajstić information content (AvgIpc) is 3.38.